The van der Waals surface area contributed by atoms with Gasteiger partial charge in [0.1, 0.15) is 0 Å². The molecule has 0 atom stereocenters. The lowest BCUT2D eigenvalue weighted by atomic mass is 10.2. The molecule has 0 aliphatic rings. The second-order valence-electron chi connectivity index (χ2n) is 4.49. The van der Waals surface area contributed by atoms with Gasteiger partial charge in [-0.1, -0.05) is 30.3 Å². The van der Waals surface area contributed by atoms with Crippen molar-refractivity contribution in [3.63, 3.8) is 0 Å². The van der Waals surface area contributed by atoms with Gasteiger partial charge in [0.05, 0.1) is 35.5 Å². The van der Waals surface area contributed by atoms with Crippen LogP contribution in [0.25, 0.3) is 0 Å². The van der Waals surface area contributed by atoms with Crippen LogP contribution < -0.4 is 0 Å². The Labute approximate surface area is 124 Å². The van der Waals surface area contributed by atoms with E-state index in [2.05, 4.69) is 0 Å². The molecule has 2 aromatic carbocycles. The molecule has 0 aromatic heterocycles. The van der Waals surface area contributed by atoms with E-state index in [1.54, 1.807) is 0 Å². The maximum Gasteiger partial charge on any atom is 0.180 e. The summed E-state index contributed by atoms with van der Waals surface area (Å²) in [6.07, 6.45) is 0. The maximum absolute atomic E-state index is 12.1. The molecule has 0 aliphatic carbocycles. The highest BCUT2D eigenvalue weighted by Crippen LogP contribution is 2.12. The van der Waals surface area contributed by atoms with Crippen LogP contribution in [0.2, 0.25) is 0 Å². The van der Waals surface area contributed by atoms with Crippen LogP contribution in [-0.2, 0) is 21.2 Å². The van der Waals surface area contributed by atoms with E-state index in [1.165, 1.54) is 24.3 Å². The van der Waals surface area contributed by atoms with Gasteiger partial charge in [-0.25, -0.2) is 8.42 Å². The molecule has 21 heavy (non-hydrogen) atoms. The van der Waals surface area contributed by atoms with E-state index in [1.807, 2.05) is 36.4 Å². The zero-order valence-electron chi connectivity index (χ0n) is 11.4. The molecule has 2 rings (SSSR count). The van der Waals surface area contributed by atoms with Gasteiger partial charge < -0.3 is 4.74 Å². The lowest BCUT2D eigenvalue weighted by Gasteiger charge is -2.06. The quantitative estimate of drug-likeness (QED) is 0.769. The Kier molecular flexibility index (Phi) is 5.09. The molecule has 0 heterocycles. The summed E-state index contributed by atoms with van der Waals surface area (Å²) in [6.45, 7) is 0.529. The largest absolute Gasteiger partial charge is 0.376 e. The Balaban J connectivity index is 1.88. The molecular formula is C16H15NO3S. The first-order valence-electron chi connectivity index (χ1n) is 6.46. The number of hydrogen-bond donors (Lipinski definition) is 0. The normalized spacial score (nSPS) is 11.0. The second kappa shape index (κ2) is 7.02. The van der Waals surface area contributed by atoms with Gasteiger partial charge in [0.25, 0.3) is 0 Å². The number of nitrogens with zero attached hydrogens (tertiary/aromatic N) is 1. The van der Waals surface area contributed by atoms with Gasteiger partial charge in [0.2, 0.25) is 0 Å². The third-order valence-electron chi connectivity index (χ3n) is 2.95. The highest BCUT2D eigenvalue weighted by atomic mass is 32.2. The number of benzene rings is 2. The average molecular weight is 301 g/mol. The van der Waals surface area contributed by atoms with Crippen LogP contribution in [0.5, 0.6) is 0 Å². The first kappa shape index (κ1) is 15.2. The Morgan fingerprint density at radius 1 is 1.00 bits per heavy atom. The maximum atomic E-state index is 12.1. The van der Waals surface area contributed by atoms with Crippen molar-refractivity contribution in [3.8, 4) is 6.07 Å². The minimum atomic E-state index is -3.37. The third-order valence-corrected chi connectivity index (χ3v) is 4.65. The van der Waals surface area contributed by atoms with Crippen molar-refractivity contribution in [2.45, 2.75) is 11.5 Å². The SMILES string of the molecule is N#Cc1ccc(S(=O)(=O)CCOCc2ccccc2)cc1. The van der Waals surface area contributed by atoms with Crippen molar-refractivity contribution in [2.24, 2.45) is 0 Å². The summed E-state index contributed by atoms with van der Waals surface area (Å²) in [5.74, 6) is -0.0776. The van der Waals surface area contributed by atoms with Crippen molar-refractivity contribution in [1.29, 1.82) is 5.26 Å². The Hall–Kier alpha value is -2.16. The van der Waals surface area contributed by atoms with E-state index in [9.17, 15) is 8.42 Å². The zero-order chi connectivity index (χ0) is 15.1. The van der Waals surface area contributed by atoms with E-state index in [0.717, 1.165) is 5.56 Å². The molecule has 0 aliphatic heterocycles. The fourth-order valence-corrected chi connectivity index (χ4v) is 2.91. The van der Waals surface area contributed by atoms with E-state index >= 15 is 0 Å². The smallest absolute Gasteiger partial charge is 0.180 e. The van der Waals surface area contributed by atoms with Crippen molar-refractivity contribution in [3.05, 3.63) is 65.7 Å². The molecule has 0 unspecified atom stereocenters. The second-order valence-corrected chi connectivity index (χ2v) is 6.60. The van der Waals surface area contributed by atoms with Crippen molar-refractivity contribution in [1.82, 2.24) is 0 Å². The van der Waals surface area contributed by atoms with Crippen molar-refractivity contribution in [2.75, 3.05) is 12.4 Å². The number of rotatable bonds is 6. The van der Waals surface area contributed by atoms with Crippen LogP contribution in [0, 0.1) is 11.3 Å². The van der Waals surface area contributed by atoms with Crippen molar-refractivity contribution < 1.29 is 13.2 Å². The van der Waals surface area contributed by atoms with Crippen LogP contribution in [-0.4, -0.2) is 20.8 Å². The number of ether oxygens (including phenoxy) is 1. The summed E-state index contributed by atoms with van der Waals surface area (Å²) >= 11 is 0. The Bertz CT molecular complexity index is 716. The molecule has 4 nitrogen and oxygen atoms in total. The third kappa shape index (κ3) is 4.42. The highest BCUT2D eigenvalue weighted by Gasteiger charge is 2.14. The molecular weight excluding hydrogens is 286 g/mol. The first-order valence-corrected chi connectivity index (χ1v) is 8.11. The average Bonchev–Trinajstić information content (AvgIpc) is 2.53. The molecule has 0 saturated carbocycles. The minimum Gasteiger partial charge on any atom is -0.376 e. The van der Waals surface area contributed by atoms with Gasteiger partial charge in [-0.2, -0.15) is 5.26 Å². The van der Waals surface area contributed by atoms with Crippen molar-refractivity contribution >= 4 is 9.84 Å². The van der Waals surface area contributed by atoms with E-state index < -0.39 is 9.84 Å². The number of nitriles is 1. The molecule has 2 aromatic rings. The van der Waals surface area contributed by atoms with Gasteiger partial charge in [0, 0.05) is 0 Å². The Morgan fingerprint density at radius 3 is 2.29 bits per heavy atom. The fourth-order valence-electron chi connectivity index (χ4n) is 1.79. The van der Waals surface area contributed by atoms with Crippen LogP contribution in [0.4, 0.5) is 0 Å². The van der Waals surface area contributed by atoms with Gasteiger partial charge in [-0.3, -0.25) is 0 Å². The van der Waals surface area contributed by atoms with Gasteiger partial charge in [0.15, 0.2) is 9.84 Å². The summed E-state index contributed by atoms with van der Waals surface area (Å²) in [4.78, 5) is 0.213. The van der Waals surface area contributed by atoms with Crippen LogP contribution in [0.1, 0.15) is 11.1 Å². The van der Waals surface area contributed by atoms with Gasteiger partial charge >= 0.3 is 0 Å². The summed E-state index contributed by atoms with van der Waals surface area (Å²) in [7, 11) is -3.37. The standard InChI is InChI=1S/C16H15NO3S/c17-12-14-6-8-16(9-7-14)21(18,19)11-10-20-13-15-4-2-1-3-5-15/h1-9H,10-11,13H2. The van der Waals surface area contributed by atoms with Gasteiger partial charge in [-0.15, -0.1) is 0 Å². The number of hydrogen-bond acceptors (Lipinski definition) is 4. The monoisotopic (exact) mass is 301 g/mol. The highest BCUT2D eigenvalue weighted by molar-refractivity contribution is 7.91. The molecule has 5 heteroatoms. The molecule has 0 spiro atoms. The van der Waals surface area contributed by atoms with E-state index in [-0.39, 0.29) is 17.3 Å². The molecule has 0 radical (unpaired) electrons. The van der Waals surface area contributed by atoms with Crippen LogP contribution in [0.3, 0.4) is 0 Å². The summed E-state index contributed by atoms with van der Waals surface area (Å²) < 4.78 is 29.6. The molecule has 0 saturated heterocycles. The first-order chi connectivity index (χ1) is 10.1. The predicted molar refractivity (Wildman–Crippen MR) is 79.3 cm³/mol. The molecule has 108 valence electrons. The van der Waals surface area contributed by atoms with Gasteiger partial charge in [-0.05, 0) is 29.8 Å². The summed E-state index contributed by atoms with van der Waals surface area (Å²) in [5.41, 5.74) is 1.45. The lowest BCUT2D eigenvalue weighted by molar-refractivity contribution is 0.135. The van der Waals surface area contributed by atoms with Crippen LogP contribution >= 0.6 is 0 Å². The lowest BCUT2D eigenvalue weighted by Crippen LogP contribution is -2.12. The molecule has 0 fully saturated rings. The zero-order valence-corrected chi connectivity index (χ0v) is 12.2. The fraction of sp³-hybridized carbons (Fsp3) is 0.188. The minimum absolute atomic E-state index is 0.0776. The number of sulfone groups is 1. The van der Waals surface area contributed by atoms with E-state index in [4.69, 9.17) is 10.00 Å². The molecule has 0 bridgehead atoms. The van der Waals surface area contributed by atoms with E-state index in [0.29, 0.717) is 12.2 Å². The topological polar surface area (TPSA) is 67.2 Å². The molecule has 0 N–H and O–H groups in total. The summed E-state index contributed by atoms with van der Waals surface area (Å²) in [5, 5.41) is 8.69. The molecule has 0 amide bonds. The predicted octanol–water partition coefficient (Wildman–Crippen LogP) is 2.55. The van der Waals surface area contributed by atoms with Crippen LogP contribution in [0.15, 0.2) is 59.5 Å². The summed E-state index contributed by atoms with van der Waals surface area (Å²) in [6, 6.07) is 17.4. The Morgan fingerprint density at radius 2 is 1.67 bits per heavy atom.